The predicted octanol–water partition coefficient (Wildman–Crippen LogP) is 3.18. The van der Waals surface area contributed by atoms with Gasteiger partial charge in [0.15, 0.2) is 0 Å². The monoisotopic (exact) mass is 342 g/mol. The van der Waals surface area contributed by atoms with Gasteiger partial charge in [0.25, 0.3) is 0 Å². The molecular formula is C18H22N4OS. The van der Waals surface area contributed by atoms with Crippen LogP contribution in [0.25, 0.3) is 0 Å². The number of carbonyl (C=O) groups excluding carboxylic acids is 1. The fourth-order valence-corrected chi connectivity index (χ4v) is 3.81. The number of aromatic nitrogens is 1. The van der Waals surface area contributed by atoms with Crippen LogP contribution in [0, 0.1) is 0 Å². The number of rotatable bonds is 4. The van der Waals surface area contributed by atoms with Crippen molar-refractivity contribution in [2.45, 2.75) is 23.9 Å². The van der Waals surface area contributed by atoms with Crippen molar-refractivity contribution < 1.29 is 4.79 Å². The molecule has 6 heteroatoms. The number of anilines is 1. The first kappa shape index (κ1) is 16.6. The summed E-state index contributed by atoms with van der Waals surface area (Å²) in [4.78, 5) is 20.0. The highest BCUT2D eigenvalue weighted by Crippen LogP contribution is 2.35. The third-order valence-electron chi connectivity index (χ3n) is 3.94. The molecule has 0 saturated carbocycles. The number of thioether (sulfide) groups is 1. The van der Waals surface area contributed by atoms with E-state index >= 15 is 0 Å². The highest BCUT2D eigenvalue weighted by molar-refractivity contribution is 7.99. The lowest BCUT2D eigenvalue weighted by Gasteiger charge is -2.25. The van der Waals surface area contributed by atoms with Gasteiger partial charge in [-0.25, -0.2) is 9.78 Å². The number of pyridine rings is 1. The maximum absolute atomic E-state index is 12.2. The quantitative estimate of drug-likeness (QED) is 0.896. The van der Waals surface area contributed by atoms with Crippen molar-refractivity contribution in [2.75, 3.05) is 24.7 Å². The molecule has 24 heavy (non-hydrogen) atoms. The van der Waals surface area contributed by atoms with Crippen LogP contribution in [0.3, 0.4) is 0 Å². The van der Waals surface area contributed by atoms with Gasteiger partial charge in [0, 0.05) is 24.7 Å². The SMILES string of the molecule is CN(C)c1cccc(CNC(=O)N[C@H]2CCSc3ccccc32)n1. The van der Waals surface area contributed by atoms with E-state index < -0.39 is 0 Å². The topological polar surface area (TPSA) is 57.3 Å². The Morgan fingerprint density at radius 3 is 2.92 bits per heavy atom. The van der Waals surface area contributed by atoms with Gasteiger partial charge in [0.2, 0.25) is 0 Å². The van der Waals surface area contributed by atoms with E-state index in [4.69, 9.17) is 0 Å². The van der Waals surface area contributed by atoms with Crippen molar-refractivity contribution in [3.05, 3.63) is 53.7 Å². The molecule has 1 atom stereocenters. The van der Waals surface area contributed by atoms with Crippen LogP contribution in [-0.2, 0) is 6.54 Å². The predicted molar refractivity (Wildman–Crippen MR) is 98.5 cm³/mol. The summed E-state index contributed by atoms with van der Waals surface area (Å²) >= 11 is 1.85. The number of benzene rings is 1. The standard InChI is InChI=1S/C18H22N4OS/c1-22(2)17-9-5-6-13(20-17)12-19-18(23)21-15-10-11-24-16-8-4-3-7-14(15)16/h3-9,15H,10-12H2,1-2H3,(H2,19,21,23)/t15-/m0/s1. The van der Waals surface area contributed by atoms with Crippen molar-refractivity contribution >= 4 is 23.6 Å². The molecule has 2 amide bonds. The lowest BCUT2D eigenvalue weighted by Crippen LogP contribution is -2.38. The van der Waals surface area contributed by atoms with Crippen LogP contribution in [0.2, 0.25) is 0 Å². The number of amides is 2. The second-order valence-electron chi connectivity index (χ2n) is 5.94. The minimum atomic E-state index is -0.154. The molecule has 3 rings (SSSR count). The molecule has 1 aromatic heterocycles. The van der Waals surface area contributed by atoms with E-state index in [1.807, 2.05) is 61.1 Å². The van der Waals surface area contributed by atoms with Gasteiger partial charge in [-0.2, -0.15) is 0 Å². The molecule has 2 aromatic rings. The summed E-state index contributed by atoms with van der Waals surface area (Å²) in [5.41, 5.74) is 2.05. The maximum Gasteiger partial charge on any atom is 0.315 e. The number of hydrogen-bond donors (Lipinski definition) is 2. The number of nitrogens with one attached hydrogen (secondary N) is 2. The molecule has 0 unspecified atom stereocenters. The molecule has 1 aliphatic heterocycles. The maximum atomic E-state index is 12.2. The molecular weight excluding hydrogens is 320 g/mol. The average molecular weight is 342 g/mol. The molecule has 0 spiro atoms. The number of carbonyl (C=O) groups is 1. The molecule has 0 fully saturated rings. The Hall–Kier alpha value is -2.21. The summed E-state index contributed by atoms with van der Waals surface area (Å²) in [6.45, 7) is 0.413. The summed E-state index contributed by atoms with van der Waals surface area (Å²) in [6.07, 6.45) is 0.948. The van der Waals surface area contributed by atoms with Crippen LogP contribution in [0.5, 0.6) is 0 Å². The third-order valence-corrected chi connectivity index (χ3v) is 5.07. The fraction of sp³-hybridized carbons (Fsp3) is 0.333. The van der Waals surface area contributed by atoms with Gasteiger partial charge in [-0.3, -0.25) is 0 Å². The van der Waals surface area contributed by atoms with Crippen molar-refractivity contribution in [2.24, 2.45) is 0 Å². The first-order valence-corrected chi connectivity index (χ1v) is 9.01. The van der Waals surface area contributed by atoms with Gasteiger partial charge in [-0.15, -0.1) is 11.8 Å². The van der Waals surface area contributed by atoms with Crippen molar-refractivity contribution in [1.29, 1.82) is 0 Å². The van der Waals surface area contributed by atoms with Gasteiger partial charge in [0.05, 0.1) is 18.3 Å². The minimum absolute atomic E-state index is 0.0727. The minimum Gasteiger partial charge on any atom is -0.363 e. The number of fused-ring (bicyclic) bond motifs is 1. The molecule has 0 bridgehead atoms. The van der Waals surface area contributed by atoms with Gasteiger partial charge in [0.1, 0.15) is 5.82 Å². The van der Waals surface area contributed by atoms with Crippen LogP contribution in [0.4, 0.5) is 10.6 Å². The van der Waals surface area contributed by atoms with E-state index in [9.17, 15) is 4.79 Å². The van der Waals surface area contributed by atoms with Crippen molar-refractivity contribution in [3.8, 4) is 0 Å². The van der Waals surface area contributed by atoms with Gasteiger partial charge in [-0.1, -0.05) is 24.3 Å². The smallest absolute Gasteiger partial charge is 0.315 e. The van der Waals surface area contributed by atoms with Crippen LogP contribution in [-0.4, -0.2) is 30.9 Å². The average Bonchev–Trinajstić information content (AvgIpc) is 2.60. The number of nitrogens with zero attached hydrogens (tertiary/aromatic N) is 2. The van der Waals surface area contributed by atoms with E-state index in [0.29, 0.717) is 6.54 Å². The Morgan fingerprint density at radius 1 is 1.25 bits per heavy atom. The van der Waals surface area contributed by atoms with E-state index in [2.05, 4.69) is 27.8 Å². The Bertz CT molecular complexity index is 720. The van der Waals surface area contributed by atoms with E-state index in [-0.39, 0.29) is 12.1 Å². The molecule has 0 aliphatic carbocycles. The van der Waals surface area contributed by atoms with E-state index in [1.54, 1.807) is 0 Å². The largest absolute Gasteiger partial charge is 0.363 e. The van der Waals surface area contributed by atoms with E-state index in [1.165, 1.54) is 10.5 Å². The van der Waals surface area contributed by atoms with Crippen molar-refractivity contribution in [3.63, 3.8) is 0 Å². The molecule has 1 aromatic carbocycles. The van der Waals surface area contributed by atoms with Gasteiger partial charge >= 0.3 is 6.03 Å². The van der Waals surface area contributed by atoms with E-state index in [0.717, 1.165) is 23.7 Å². The number of urea groups is 1. The molecule has 0 saturated heterocycles. The molecule has 2 N–H and O–H groups in total. The van der Waals surface area contributed by atoms with Crippen LogP contribution < -0.4 is 15.5 Å². The first-order valence-electron chi connectivity index (χ1n) is 8.03. The van der Waals surface area contributed by atoms with Gasteiger partial charge in [-0.05, 0) is 30.2 Å². The second kappa shape index (κ2) is 7.57. The first-order chi connectivity index (χ1) is 11.6. The summed E-state index contributed by atoms with van der Waals surface area (Å²) < 4.78 is 0. The van der Waals surface area contributed by atoms with Gasteiger partial charge < -0.3 is 15.5 Å². The van der Waals surface area contributed by atoms with Crippen molar-refractivity contribution in [1.82, 2.24) is 15.6 Å². The Kier molecular flexibility index (Phi) is 5.25. The highest BCUT2D eigenvalue weighted by Gasteiger charge is 2.21. The number of hydrogen-bond acceptors (Lipinski definition) is 4. The summed E-state index contributed by atoms with van der Waals surface area (Å²) in [5, 5.41) is 5.99. The molecule has 5 nitrogen and oxygen atoms in total. The lowest BCUT2D eigenvalue weighted by atomic mass is 10.0. The Balaban J connectivity index is 1.58. The zero-order valence-corrected chi connectivity index (χ0v) is 14.8. The highest BCUT2D eigenvalue weighted by atomic mass is 32.2. The molecule has 0 radical (unpaired) electrons. The Labute approximate surface area is 146 Å². The molecule has 1 aliphatic rings. The Morgan fingerprint density at radius 2 is 2.08 bits per heavy atom. The summed E-state index contributed by atoms with van der Waals surface area (Å²) in [7, 11) is 3.90. The summed E-state index contributed by atoms with van der Waals surface area (Å²) in [5.74, 6) is 1.90. The second-order valence-corrected chi connectivity index (χ2v) is 7.07. The zero-order chi connectivity index (χ0) is 16.9. The zero-order valence-electron chi connectivity index (χ0n) is 14.0. The molecule has 126 valence electrons. The fourth-order valence-electron chi connectivity index (χ4n) is 2.69. The van der Waals surface area contributed by atoms with Crippen LogP contribution >= 0.6 is 11.8 Å². The molecule has 2 heterocycles. The van der Waals surface area contributed by atoms with Crippen LogP contribution in [0.15, 0.2) is 47.4 Å². The summed E-state index contributed by atoms with van der Waals surface area (Å²) in [6, 6.07) is 14.0. The third kappa shape index (κ3) is 4.00. The van der Waals surface area contributed by atoms with Crippen LogP contribution in [0.1, 0.15) is 23.7 Å². The normalized spacial score (nSPS) is 16.2. The lowest BCUT2D eigenvalue weighted by molar-refractivity contribution is 0.236.